The number of anilines is 2. The monoisotopic (exact) mass is 478 g/mol. The van der Waals surface area contributed by atoms with Crippen molar-refractivity contribution in [2.24, 2.45) is 5.92 Å². The first-order valence-electron chi connectivity index (χ1n) is 10.8. The second kappa shape index (κ2) is 11.4. The molecule has 0 bridgehead atoms. The average molecular weight is 479 g/mol. The predicted octanol–water partition coefficient (Wildman–Crippen LogP) is 3.90. The van der Waals surface area contributed by atoms with Gasteiger partial charge in [-0.05, 0) is 42.0 Å². The summed E-state index contributed by atoms with van der Waals surface area (Å²) >= 11 is -2.41. The minimum absolute atomic E-state index is 0.128. The standard InChI is InChI=1S/C25H26N4O4S/c1-17(2)15-22(25(31)27-14-13-26)28-24(30)19-9-5-10-20(16-19)29(34(32)33)23-12-6-8-18-7-3-4-11-21(18)23/h3-12,16-17,22H,14-15H2,1-2H3,(H,27,31)(H,28,30)(H,32,33). The summed E-state index contributed by atoms with van der Waals surface area (Å²) in [6.07, 6.45) is 0.394. The molecule has 3 aromatic carbocycles. The summed E-state index contributed by atoms with van der Waals surface area (Å²) in [4.78, 5) is 25.4. The molecule has 0 aliphatic heterocycles. The fourth-order valence-electron chi connectivity index (χ4n) is 3.67. The van der Waals surface area contributed by atoms with E-state index < -0.39 is 29.1 Å². The van der Waals surface area contributed by atoms with Crippen molar-refractivity contribution in [3.63, 3.8) is 0 Å². The van der Waals surface area contributed by atoms with Crippen LogP contribution < -0.4 is 14.9 Å². The topological polar surface area (TPSA) is 123 Å². The molecule has 176 valence electrons. The molecule has 0 radical (unpaired) electrons. The van der Waals surface area contributed by atoms with Crippen LogP contribution in [0.1, 0.15) is 30.6 Å². The molecule has 0 heterocycles. The third-order valence-corrected chi connectivity index (χ3v) is 5.87. The van der Waals surface area contributed by atoms with Gasteiger partial charge in [0.2, 0.25) is 5.91 Å². The van der Waals surface area contributed by atoms with E-state index in [4.69, 9.17) is 5.26 Å². The van der Waals surface area contributed by atoms with Crippen LogP contribution in [0.2, 0.25) is 0 Å². The number of carbonyl (C=O) groups excluding carboxylic acids is 2. The highest BCUT2D eigenvalue weighted by Crippen LogP contribution is 2.33. The van der Waals surface area contributed by atoms with Gasteiger partial charge in [-0.15, -0.1) is 0 Å². The van der Waals surface area contributed by atoms with Gasteiger partial charge < -0.3 is 10.6 Å². The minimum atomic E-state index is -2.41. The van der Waals surface area contributed by atoms with Gasteiger partial charge in [0, 0.05) is 10.9 Å². The van der Waals surface area contributed by atoms with Gasteiger partial charge in [-0.2, -0.15) is 5.26 Å². The Morgan fingerprint density at radius 1 is 1.09 bits per heavy atom. The maximum absolute atomic E-state index is 13.0. The van der Waals surface area contributed by atoms with Gasteiger partial charge in [0.25, 0.3) is 17.2 Å². The summed E-state index contributed by atoms with van der Waals surface area (Å²) < 4.78 is 23.7. The Morgan fingerprint density at radius 3 is 2.50 bits per heavy atom. The van der Waals surface area contributed by atoms with Gasteiger partial charge >= 0.3 is 0 Å². The van der Waals surface area contributed by atoms with Crippen molar-refractivity contribution in [2.75, 3.05) is 10.8 Å². The van der Waals surface area contributed by atoms with Crippen molar-refractivity contribution >= 4 is 45.2 Å². The van der Waals surface area contributed by atoms with Crippen molar-refractivity contribution in [1.82, 2.24) is 10.6 Å². The lowest BCUT2D eigenvalue weighted by Crippen LogP contribution is -2.47. The van der Waals surface area contributed by atoms with Crippen LogP contribution in [0.25, 0.3) is 10.8 Å². The third kappa shape index (κ3) is 5.98. The Bertz CT molecular complexity index is 1250. The van der Waals surface area contributed by atoms with E-state index in [9.17, 15) is 18.4 Å². The Hall–Kier alpha value is -3.74. The summed E-state index contributed by atoms with van der Waals surface area (Å²) in [5.74, 6) is -0.807. The lowest BCUT2D eigenvalue weighted by Gasteiger charge is -2.23. The van der Waals surface area contributed by atoms with Gasteiger partial charge in [-0.25, -0.2) is 8.51 Å². The summed E-state index contributed by atoms with van der Waals surface area (Å²) in [6.45, 7) is 3.70. The number of carbonyl (C=O) groups is 2. The Kier molecular flexibility index (Phi) is 8.35. The first-order valence-corrected chi connectivity index (χ1v) is 11.8. The van der Waals surface area contributed by atoms with Gasteiger partial charge in [0.15, 0.2) is 0 Å². The maximum Gasteiger partial charge on any atom is 0.266 e. The lowest BCUT2D eigenvalue weighted by molar-refractivity contribution is -0.123. The van der Waals surface area contributed by atoms with Gasteiger partial charge in [0.05, 0.1) is 17.4 Å². The molecule has 8 nitrogen and oxygen atoms in total. The zero-order valence-corrected chi connectivity index (χ0v) is 19.7. The molecule has 2 unspecified atom stereocenters. The first-order chi connectivity index (χ1) is 16.3. The lowest BCUT2D eigenvalue weighted by atomic mass is 10.0. The third-order valence-electron chi connectivity index (χ3n) is 5.16. The molecule has 2 atom stereocenters. The zero-order valence-electron chi connectivity index (χ0n) is 18.9. The smallest absolute Gasteiger partial charge is 0.266 e. The predicted molar refractivity (Wildman–Crippen MR) is 133 cm³/mol. The highest BCUT2D eigenvalue weighted by atomic mass is 32.2. The van der Waals surface area contributed by atoms with E-state index >= 15 is 0 Å². The molecule has 0 aromatic heterocycles. The fraction of sp³-hybridized carbons (Fsp3) is 0.240. The molecule has 0 fully saturated rings. The molecular weight excluding hydrogens is 452 g/mol. The van der Waals surface area contributed by atoms with Gasteiger partial charge in [0.1, 0.15) is 12.6 Å². The molecule has 34 heavy (non-hydrogen) atoms. The van der Waals surface area contributed by atoms with Gasteiger partial charge in [-0.1, -0.05) is 56.3 Å². The molecule has 9 heteroatoms. The molecule has 3 rings (SSSR count). The summed E-state index contributed by atoms with van der Waals surface area (Å²) in [5, 5.41) is 15.6. The van der Waals surface area contributed by atoms with E-state index in [1.807, 2.05) is 50.2 Å². The Balaban J connectivity index is 1.92. The molecule has 2 amide bonds. The van der Waals surface area contributed by atoms with E-state index in [1.54, 1.807) is 30.3 Å². The summed E-state index contributed by atoms with van der Waals surface area (Å²) in [5.41, 5.74) is 1.10. The number of fused-ring (bicyclic) bond motifs is 1. The second-order valence-corrected chi connectivity index (χ2v) is 8.93. The first kappa shape index (κ1) is 24.9. The maximum atomic E-state index is 13.0. The molecule has 0 saturated carbocycles. The van der Waals surface area contributed by atoms with Crippen molar-refractivity contribution in [3.8, 4) is 6.07 Å². The van der Waals surface area contributed by atoms with Crippen LogP contribution in [-0.2, 0) is 16.1 Å². The van der Waals surface area contributed by atoms with Crippen molar-refractivity contribution in [3.05, 3.63) is 72.3 Å². The fourth-order valence-corrected chi connectivity index (χ4v) is 4.29. The van der Waals surface area contributed by atoms with E-state index in [0.29, 0.717) is 17.8 Å². The quantitative estimate of drug-likeness (QED) is 0.318. The van der Waals surface area contributed by atoms with E-state index in [2.05, 4.69) is 10.6 Å². The van der Waals surface area contributed by atoms with Crippen LogP contribution in [0.5, 0.6) is 0 Å². The van der Waals surface area contributed by atoms with Gasteiger partial charge in [-0.3, -0.25) is 14.1 Å². The SMILES string of the molecule is CC(C)CC(NC(=O)c1cccc(N(c2cccc3ccccc23)S(=O)O)c1)C(=O)NCC#N. The second-order valence-electron chi connectivity index (χ2n) is 8.11. The highest BCUT2D eigenvalue weighted by Gasteiger charge is 2.24. The number of nitrogens with one attached hydrogen (secondary N) is 2. The molecule has 0 saturated heterocycles. The molecule has 0 aliphatic carbocycles. The normalized spacial score (nSPS) is 12.6. The van der Waals surface area contributed by atoms with Crippen LogP contribution in [0.3, 0.4) is 0 Å². The highest BCUT2D eigenvalue weighted by molar-refractivity contribution is 7.81. The van der Waals surface area contributed by atoms with Crippen molar-refractivity contribution < 1.29 is 18.4 Å². The molecule has 3 aromatic rings. The van der Waals surface area contributed by atoms with E-state index in [0.717, 1.165) is 10.8 Å². The number of amides is 2. The minimum Gasteiger partial charge on any atom is -0.341 e. The van der Waals surface area contributed by atoms with Crippen LogP contribution in [0, 0.1) is 17.2 Å². The summed E-state index contributed by atoms with van der Waals surface area (Å²) in [7, 11) is 0. The molecule has 0 aliphatic rings. The van der Waals surface area contributed by atoms with Crippen molar-refractivity contribution in [2.45, 2.75) is 26.3 Å². The van der Waals surface area contributed by atoms with Crippen LogP contribution in [-0.4, -0.2) is 33.2 Å². The largest absolute Gasteiger partial charge is 0.341 e. The van der Waals surface area contributed by atoms with Crippen LogP contribution >= 0.6 is 0 Å². The summed E-state index contributed by atoms with van der Waals surface area (Å²) in [6, 6.07) is 20.3. The zero-order chi connectivity index (χ0) is 24.7. The molecule has 3 N–H and O–H groups in total. The number of nitriles is 1. The van der Waals surface area contributed by atoms with Crippen LogP contribution in [0.4, 0.5) is 11.4 Å². The van der Waals surface area contributed by atoms with Crippen molar-refractivity contribution in [1.29, 1.82) is 5.26 Å². The average Bonchev–Trinajstić information content (AvgIpc) is 2.82. The van der Waals surface area contributed by atoms with E-state index in [-0.39, 0.29) is 18.0 Å². The van der Waals surface area contributed by atoms with E-state index in [1.165, 1.54) is 10.4 Å². The number of rotatable bonds is 9. The number of benzene rings is 3. The number of hydrogen-bond donors (Lipinski definition) is 3. The Labute approximate surface area is 201 Å². The number of hydrogen-bond acceptors (Lipinski definition) is 4. The Morgan fingerprint density at radius 2 is 1.79 bits per heavy atom. The van der Waals surface area contributed by atoms with Crippen LogP contribution in [0.15, 0.2) is 66.7 Å². The number of nitrogens with zero attached hydrogens (tertiary/aromatic N) is 2. The molecule has 0 spiro atoms. The molecular formula is C25H26N4O4S.